The fraction of sp³-hybridized carbons (Fsp3) is 0.533. The van der Waals surface area contributed by atoms with Crippen molar-refractivity contribution in [3.05, 3.63) is 23.9 Å². The van der Waals surface area contributed by atoms with E-state index in [1.165, 1.54) is 0 Å². The molecule has 6 heteroatoms. The zero-order chi connectivity index (χ0) is 15.4. The molecule has 21 heavy (non-hydrogen) atoms. The predicted molar refractivity (Wildman–Crippen MR) is 80.8 cm³/mol. The van der Waals surface area contributed by atoms with Gasteiger partial charge in [0.2, 0.25) is 5.91 Å². The van der Waals surface area contributed by atoms with Gasteiger partial charge in [0, 0.05) is 31.2 Å². The monoisotopic (exact) mass is 290 g/mol. The molecule has 1 fully saturated rings. The zero-order valence-corrected chi connectivity index (χ0v) is 12.5. The van der Waals surface area contributed by atoms with Crippen LogP contribution in [0.4, 0.5) is 5.82 Å². The van der Waals surface area contributed by atoms with E-state index in [0.29, 0.717) is 37.3 Å². The van der Waals surface area contributed by atoms with Crippen LogP contribution >= 0.6 is 0 Å². The molecule has 3 N–H and O–H groups in total. The lowest BCUT2D eigenvalue weighted by molar-refractivity contribution is -0.123. The third-order valence-corrected chi connectivity index (χ3v) is 3.65. The molecule has 0 bridgehead atoms. The number of hydrogen-bond donors (Lipinski definition) is 2. The van der Waals surface area contributed by atoms with E-state index in [4.69, 9.17) is 5.73 Å². The molecule has 2 rings (SSSR count). The van der Waals surface area contributed by atoms with Crippen molar-refractivity contribution < 1.29 is 9.59 Å². The molecule has 114 valence electrons. The van der Waals surface area contributed by atoms with Gasteiger partial charge in [0.05, 0.1) is 5.56 Å². The van der Waals surface area contributed by atoms with Crippen molar-refractivity contribution in [3.63, 3.8) is 0 Å². The molecule has 2 heterocycles. The quantitative estimate of drug-likeness (QED) is 0.873. The SMILES string of the molecule is CC(C)Nc1ncccc1C(=O)N1CCC(C(N)=O)CC1. The molecule has 0 atom stereocenters. The average molecular weight is 290 g/mol. The summed E-state index contributed by atoms with van der Waals surface area (Å²) >= 11 is 0. The summed E-state index contributed by atoms with van der Waals surface area (Å²) in [5.41, 5.74) is 5.89. The third-order valence-electron chi connectivity index (χ3n) is 3.65. The van der Waals surface area contributed by atoms with Crippen molar-refractivity contribution in [2.45, 2.75) is 32.7 Å². The predicted octanol–water partition coefficient (Wildman–Crippen LogP) is 1.24. The maximum Gasteiger partial charge on any atom is 0.257 e. The summed E-state index contributed by atoms with van der Waals surface area (Å²) in [7, 11) is 0. The maximum atomic E-state index is 12.6. The van der Waals surface area contributed by atoms with Crippen LogP contribution in [0.5, 0.6) is 0 Å². The van der Waals surface area contributed by atoms with E-state index in [1.807, 2.05) is 13.8 Å². The van der Waals surface area contributed by atoms with Gasteiger partial charge in [-0.1, -0.05) is 0 Å². The fourth-order valence-corrected chi connectivity index (χ4v) is 2.50. The summed E-state index contributed by atoms with van der Waals surface area (Å²) in [6, 6.07) is 3.74. The number of nitrogens with zero attached hydrogens (tertiary/aromatic N) is 2. The molecule has 1 aromatic heterocycles. The van der Waals surface area contributed by atoms with E-state index < -0.39 is 0 Å². The van der Waals surface area contributed by atoms with Crippen molar-refractivity contribution in [2.75, 3.05) is 18.4 Å². The number of nitrogens with two attached hydrogens (primary N) is 1. The van der Waals surface area contributed by atoms with Crippen LogP contribution in [0.25, 0.3) is 0 Å². The summed E-state index contributed by atoms with van der Waals surface area (Å²) in [6.45, 7) is 5.12. The summed E-state index contributed by atoms with van der Waals surface area (Å²) < 4.78 is 0. The molecule has 0 saturated carbocycles. The van der Waals surface area contributed by atoms with Gasteiger partial charge < -0.3 is 16.0 Å². The Bertz CT molecular complexity index is 522. The summed E-state index contributed by atoms with van der Waals surface area (Å²) in [6.07, 6.45) is 2.93. The van der Waals surface area contributed by atoms with Crippen molar-refractivity contribution in [1.29, 1.82) is 0 Å². The smallest absolute Gasteiger partial charge is 0.257 e. The van der Waals surface area contributed by atoms with E-state index >= 15 is 0 Å². The number of likely N-dealkylation sites (tertiary alicyclic amines) is 1. The minimum absolute atomic E-state index is 0.0471. The van der Waals surface area contributed by atoms with Crippen LogP contribution in [0.1, 0.15) is 37.0 Å². The van der Waals surface area contributed by atoms with Crippen LogP contribution in [0.3, 0.4) is 0 Å². The van der Waals surface area contributed by atoms with Gasteiger partial charge in [-0.3, -0.25) is 9.59 Å². The van der Waals surface area contributed by atoms with Gasteiger partial charge in [0.1, 0.15) is 5.82 Å². The molecule has 1 aliphatic rings. The Kier molecular flexibility index (Phi) is 4.77. The summed E-state index contributed by atoms with van der Waals surface area (Å²) in [5.74, 6) is 0.172. The maximum absolute atomic E-state index is 12.6. The highest BCUT2D eigenvalue weighted by Gasteiger charge is 2.27. The first-order valence-electron chi connectivity index (χ1n) is 7.29. The number of anilines is 1. The number of nitrogens with one attached hydrogen (secondary N) is 1. The minimum Gasteiger partial charge on any atom is -0.369 e. The van der Waals surface area contributed by atoms with Crippen molar-refractivity contribution in [2.24, 2.45) is 11.7 Å². The zero-order valence-electron chi connectivity index (χ0n) is 12.5. The van der Waals surface area contributed by atoms with Crippen molar-refractivity contribution in [1.82, 2.24) is 9.88 Å². The van der Waals surface area contributed by atoms with Gasteiger partial charge in [-0.15, -0.1) is 0 Å². The molecule has 1 saturated heterocycles. The van der Waals surface area contributed by atoms with Crippen LogP contribution in [-0.4, -0.2) is 40.8 Å². The Balaban J connectivity index is 2.09. The van der Waals surface area contributed by atoms with Gasteiger partial charge >= 0.3 is 0 Å². The number of carbonyl (C=O) groups is 2. The molecular weight excluding hydrogens is 268 g/mol. The normalized spacial score (nSPS) is 16.0. The molecular formula is C15H22N4O2. The molecule has 0 radical (unpaired) electrons. The average Bonchev–Trinajstić information content (AvgIpc) is 2.46. The number of rotatable bonds is 4. The topological polar surface area (TPSA) is 88.3 Å². The second kappa shape index (κ2) is 6.56. The molecule has 0 spiro atoms. The first kappa shape index (κ1) is 15.3. The van der Waals surface area contributed by atoms with Crippen LogP contribution < -0.4 is 11.1 Å². The van der Waals surface area contributed by atoms with E-state index in [0.717, 1.165) is 0 Å². The second-order valence-corrected chi connectivity index (χ2v) is 5.67. The van der Waals surface area contributed by atoms with E-state index in [1.54, 1.807) is 23.2 Å². The third kappa shape index (κ3) is 3.71. The number of carbonyl (C=O) groups excluding carboxylic acids is 2. The highest BCUT2D eigenvalue weighted by atomic mass is 16.2. The standard InChI is InChI=1S/C15H22N4O2/c1-10(2)18-14-12(4-3-7-17-14)15(21)19-8-5-11(6-9-19)13(16)20/h3-4,7,10-11H,5-6,8-9H2,1-2H3,(H2,16,20)(H,17,18). The Morgan fingerprint density at radius 1 is 1.38 bits per heavy atom. The van der Waals surface area contributed by atoms with Gasteiger partial charge in [-0.2, -0.15) is 0 Å². The van der Waals surface area contributed by atoms with Crippen LogP contribution in [0.15, 0.2) is 18.3 Å². The molecule has 6 nitrogen and oxygen atoms in total. The molecule has 1 aromatic rings. The number of hydrogen-bond acceptors (Lipinski definition) is 4. The molecule has 1 aliphatic heterocycles. The van der Waals surface area contributed by atoms with Gasteiger partial charge in [0.25, 0.3) is 5.91 Å². The number of pyridine rings is 1. The lowest BCUT2D eigenvalue weighted by Gasteiger charge is -2.31. The Hall–Kier alpha value is -2.11. The lowest BCUT2D eigenvalue weighted by atomic mass is 9.96. The van der Waals surface area contributed by atoms with E-state index in [-0.39, 0.29) is 23.8 Å². The largest absolute Gasteiger partial charge is 0.369 e. The minimum atomic E-state index is -0.273. The van der Waals surface area contributed by atoms with E-state index in [2.05, 4.69) is 10.3 Å². The van der Waals surface area contributed by atoms with Crippen molar-refractivity contribution >= 4 is 17.6 Å². The molecule has 0 aliphatic carbocycles. The Morgan fingerprint density at radius 3 is 2.62 bits per heavy atom. The van der Waals surface area contributed by atoms with Crippen LogP contribution in [0, 0.1) is 5.92 Å². The van der Waals surface area contributed by atoms with Gasteiger partial charge in [0.15, 0.2) is 0 Å². The van der Waals surface area contributed by atoms with Crippen LogP contribution in [0.2, 0.25) is 0 Å². The highest BCUT2D eigenvalue weighted by Crippen LogP contribution is 2.21. The summed E-state index contributed by atoms with van der Waals surface area (Å²) in [5, 5.41) is 3.19. The fourth-order valence-electron chi connectivity index (χ4n) is 2.50. The Labute approximate surface area is 124 Å². The second-order valence-electron chi connectivity index (χ2n) is 5.67. The first-order valence-corrected chi connectivity index (χ1v) is 7.29. The van der Waals surface area contributed by atoms with Crippen LogP contribution in [-0.2, 0) is 4.79 Å². The highest BCUT2D eigenvalue weighted by molar-refractivity contribution is 5.98. The first-order chi connectivity index (χ1) is 9.99. The number of primary amides is 1. The van der Waals surface area contributed by atoms with E-state index in [9.17, 15) is 9.59 Å². The van der Waals surface area contributed by atoms with Gasteiger partial charge in [-0.05, 0) is 38.8 Å². The number of amides is 2. The number of aromatic nitrogens is 1. The lowest BCUT2D eigenvalue weighted by Crippen LogP contribution is -2.42. The molecule has 0 unspecified atom stereocenters. The van der Waals surface area contributed by atoms with Gasteiger partial charge in [-0.25, -0.2) is 4.98 Å². The Morgan fingerprint density at radius 2 is 2.05 bits per heavy atom. The number of piperidine rings is 1. The summed E-state index contributed by atoms with van der Waals surface area (Å²) in [4.78, 5) is 29.8. The molecule has 2 amide bonds. The molecule has 0 aromatic carbocycles. The van der Waals surface area contributed by atoms with Crippen molar-refractivity contribution in [3.8, 4) is 0 Å².